The monoisotopic (exact) mass is 375 g/mol. The second-order valence-corrected chi connectivity index (χ2v) is 8.17. The molecule has 0 radical (unpaired) electrons. The van der Waals surface area contributed by atoms with Crippen molar-refractivity contribution in [2.24, 2.45) is 5.92 Å². The van der Waals surface area contributed by atoms with Crippen LogP contribution in [0.2, 0.25) is 0 Å². The van der Waals surface area contributed by atoms with Crippen LogP contribution in [0, 0.1) is 5.92 Å². The fourth-order valence-electron chi connectivity index (χ4n) is 2.49. The van der Waals surface area contributed by atoms with E-state index in [0.29, 0.717) is 24.7 Å². The number of anilines is 1. The molecule has 0 amide bonds. The van der Waals surface area contributed by atoms with Crippen molar-refractivity contribution in [3.05, 3.63) is 54.2 Å². The molecule has 1 aliphatic rings. The first-order valence-corrected chi connectivity index (χ1v) is 9.91. The average Bonchev–Trinajstić information content (AvgIpc) is 3.45. The number of nitrogens with zero attached hydrogens (tertiary/aromatic N) is 1. The number of hydrogen-bond acceptors (Lipinski definition) is 5. The Hall–Kier alpha value is -2.45. The number of aromatic nitrogens is 1. The third-order valence-corrected chi connectivity index (χ3v) is 5.62. The van der Waals surface area contributed by atoms with Gasteiger partial charge in [0.2, 0.25) is 10.0 Å². The number of nitrogens with one attached hydrogen (secondary N) is 2. The van der Waals surface area contributed by atoms with Gasteiger partial charge in [0.15, 0.2) is 0 Å². The molecule has 138 valence electrons. The van der Waals surface area contributed by atoms with Crippen molar-refractivity contribution in [2.45, 2.75) is 30.2 Å². The van der Waals surface area contributed by atoms with Gasteiger partial charge in [-0.05, 0) is 36.5 Å². The molecule has 0 spiro atoms. The maximum absolute atomic E-state index is 12.2. The summed E-state index contributed by atoms with van der Waals surface area (Å²) in [7, 11) is -3.58. The number of rotatable bonds is 9. The van der Waals surface area contributed by atoms with E-state index in [1.807, 2.05) is 30.3 Å². The summed E-state index contributed by atoms with van der Waals surface area (Å²) in [6.07, 6.45) is 3.64. The van der Waals surface area contributed by atoms with Crippen molar-refractivity contribution in [2.75, 3.05) is 11.9 Å². The predicted octanol–water partition coefficient (Wildman–Crippen LogP) is 1.88. The summed E-state index contributed by atoms with van der Waals surface area (Å²) >= 11 is 0. The minimum Gasteiger partial charge on any atom is -0.480 e. The molecule has 1 atom stereocenters. The molecule has 0 bridgehead atoms. The highest BCUT2D eigenvalue weighted by molar-refractivity contribution is 7.89. The third kappa shape index (κ3) is 5.03. The zero-order valence-corrected chi connectivity index (χ0v) is 14.9. The number of benzene rings is 1. The molecule has 3 rings (SSSR count). The van der Waals surface area contributed by atoms with Gasteiger partial charge in [-0.3, -0.25) is 0 Å². The molecule has 0 saturated heterocycles. The van der Waals surface area contributed by atoms with Crippen LogP contribution in [0.25, 0.3) is 0 Å². The molecule has 1 saturated carbocycles. The molecule has 1 aromatic heterocycles. The lowest BCUT2D eigenvalue weighted by molar-refractivity contribution is -0.137. The van der Waals surface area contributed by atoms with Gasteiger partial charge >= 0.3 is 5.97 Å². The van der Waals surface area contributed by atoms with Crippen LogP contribution in [-0.4, -0.2) is 37.1 Å². The molecule has 2 aromatic rings. The second-order valence-electron chi connectivity index (χ2n) is 6.40. The Kier molecular flexibility index (Phi) is 5.53. The highest BCUT2D eigenvalue weighted by Crippen LogP contribution is 2.28. The second kappa shape index (κ2) is 7.84. The number of carboxylic acids is 1. The first-order chi connectivity index (χ1) is 12.4. The van der Waals surface area contributed by atoms with Crippen LogP contribution in [-0.2, 0) is 21.2 Å². The Labute approximate surface area is 152 Å². The lowest BCUT2D eigenvalue weighted by atomic mass is 10.1. The largest absolute Gasteiger partial charge is 0.480 e. The Bertz CT molecular complexity index is 850. The first kappa shape index (κ1) is 18.3. The van der Waals surface area contributed by atoms with Crippen molar-refractivity contribution in [3.63, 3.8) is 0 Å². The Morgan fingerprint density at radius 1 is 1.19 bits per heavy atom. The number of pyridine rings is 1. The number of carboxylic acid groups (broad SMARTS) is 1. The van der Waals surface area contributed by atoms with Gasteiger partial charge in [-0.1, -0.05) is 30.3 Å². The van der Waals surface area contributed by atoms with E-state index in [4.69, 9.17) is 0 Å². The van der Waals surface area contributed by atoms with Gasteiger partial charge in [-0.15, -0.1) is 0 Å². The van der Waals surface area contributed by atoms with Gasteiger partial charge in [0, 0.05) is 19.2 Å². The third-order valence-electron chi connectivity index (χ3n) is 4.21. The van der Waals surface area contributed by atoms with Gasteiger partial charge in [-0.2, -0.15) is 0 Å². The summed E-state index contributed by atoms with van der Waals surface area (Å²) in [6.45, 7) is 0.445. The molecular weight excluding hydrogens is 354 g/mol. The Morgan fingerprint density at radius 3 is 2.50 bits per heavy atom. The smallest absolute Gasteiger partial charge is 0.326 e. The molecule has 1 aromatic carbocycles. The van der Waals surface area contributed by atoms with Crippen LogP contribution in [0.15, 0.2) is 53.6 Å². The van der Waals surface area contributed by atoms with E-state index in [1.54, 1.807) is 0 Å². The van der Waals surface area contributed by atoms with Gasteiger partial charge in [0.1, 0.15) is 16.8 Å². The SMILES string of the molecule is O=C(O)[C@H](Cc1ccccc1)Nc1ccc(S(=O)(=O)NCC2CC2)cn1. The summed E-state index contributed by atoms with van der Waals surface area (Å²) in [6, 6.07) is 11.3. The normalized spacial score (nSPS) is 15.4. The number of aliphatic carboxylic acids is 1. The quantitative estimate of drug-likeness (QED) is 0.617. The molecule has 1 aliphatic carbocycles. The van der Waals surface area contributed by atoms with Crippen LogP contribution < -0.4 is 10.0 Å². The van der Waals surface area contributed by atoms with Gasteiger partial charge in [-0.25, -0.2) is 22.9 Å². The molecule has 8 heteroatoms. The molecule has 1 heterocycles. The van der Waals surface area contributed by atoms with Crippen LogP contribution in [0.5, 0.6) is 0 Å². The van der Waals surface area contributed by atoms with Crippen LogP contribution in [0.1, 0.15) is 18.4 Å². The van der Waals surface area contributed by atoms with Crippen molar-refractivity contribution < 1.29 is 18.3 Å². The zero-order valence-electron chi connectivity index (χ0n) is 14.1. The van der Waals surface area contributed by atoms with Crippen molar-refractivity contribution >= 4 is 21.8 Å². The van der Waals surface area contributed by atoms with E-state index in [0.717, 1.165) is 18.4 Å². The van der Waals surface area contributed by atoms with Crippen LogP contribution >= 0.6 is 0 Å². The summed E-state index contributed by atoms with van der Waals surface area (Å²) in [5, 5.41) is 12.3. The van der Waals surface area contributed by atoms with E-state index < -0.39 is 22.0 Å². The summed E-state index contributed by atoms with van der Waals surface area (Å²) in [5.41, 5.74) is 0.885. The molecule has 26 heavy (non-hydrogen) atoms. The van der Waals surface area contributed by atoms with Gasteiger partial charge < -0.3 is 10.4 Å². The molecule has 0 aliphatic heterocycles. The topological polar surface area (TPSA) is 108 Å². The Balaban J connectivity index is 1.65. The molecule has 1 fully saturated rings. The minimum atomic E-state index is -3.58. The van der Waals surface area contributed by atoms with E-state index >= 15 is 0 Å². The predicted molar refractivity (Wildman–Crippen MR) is 97.3 cm³/mol. The Morgan fingerprint density at radius 2 is 1.92 bits per heavy atom. The van der Waals surface area contributed by atoms with Gasteiger partial charge in [0.05, 0.1) is 0 Å². The standard InChI is InChI=1S/C18H21N3O4S/c22-18(23)16(10-13-4-2-1-3-5-13)21-17-9-8-15(12-19-17)26(24,25)20-11-14-6-7-14/h1-5,8-9,12,14,16,20H,6-7,10-11H2,(H,19,21)(H,22,23)/t16-/m0/s1. The summed E-state index contributed by atoms with van der Waals surface area (Å²) in [5.74, 6) is -0.249. The molecule has 3 N–H and O–H groups in total. The number of carbonyl (C=O) groups is 1. The fraction of sp³-hybridized carbons (Fsp3) is 0.333. The number of hydrogen-bond donors (Lipinski definition) is 3. The maximum atomic E-state index is 12.2. The van der Waals surface area contributed by atoms with E-state index in [1.165, 1.54) is 18.3 Å². The highest BCUT2D eigenvalue weighted by atomic mass is 32.2. The first-order valence-electron chi connectivity index (χ1n) is 8.43. The van der Waals surface area contributed by atoms with Crippen molar-refractivity contribution in [3.8, 4) is 0 Å². The van der Waals surface area contributed by atoms with Gasteiger partial charge in [0.25, 0.3) is 0 Å². The molecule has 0 unspecified atom stereocenters. The van der Waals surface area contributed by atoms with E-state index in [9.17, 15) is 18.3 Å². The summed E-state index contributed by atoms with van der Waals surface area (Å²) < 4.78 is 26.9. The molecule has 7 nitrogen and oxygen atoms in total. The van der Waals surface area contributed by atoms with E-state index in [-0.39, 0.29) is 4.90 Å². The van der Waals surface area contributed by atoms with Crippen LogP contribution in [0.3, 0.4) is 0 Å². The van der Waals surface area contributed by atoms with E-state index in [2.05, 4.69) is 15.0 Å². The lowest BCUT2D eigenvalue weighted by Gasteiger charge is -2.15. The average molecular weight is 375 g/mol. The fourth-order valence-corrected chi connectivity index (χ4v) is 3.55. The molecular formula is C18H21N3O4S. The zero-order chi connectivity index (χ0) is 18.6. The highest BCUT2D eigenvalue weighted by Gasteiger charge is 2.24. The minimum absolute atomic E-state index is 0.0682. The number of sulfonamides is 1. The van der Waals surface area contributed by atoms with Crippen molar-refractivity contribution in [1.29, 1.82) is 0 Å². The lowest BCUT2D eigenvalue weighted by Crippen LogP contribution is -2.32. The van der Waals surface area contributed by atoms with Crippen molar-refractivity contribution in [1.82, 2.24) is 9.71 Å². The maximum Gasteiger partial charge on any atom is 0.326 e. The summed E-state index contributed by atoms with van der Waals surface area (Å²) in [4.78, 5) is 15.6. The van der Waals surface area contributed by atoms with Crippen LogP contribution in [0.4, 0.5) is 5.82 Å².